The molecule has 3 N–H and O–H groups in total. The summed E-state index contributed by atoms with van der Waals surface area (Å²) < 4.78 is 15.9. The zero-order chi connectivity index (χ0) is 15.0. The van der Waals surface area contributed by atoms with Crippen molar-refractivity contribution in [1.82, 2.24) is 5.32 Å². The molecular weight excluding hydrogens is 272 g/mol. The molecule has 1 amide bonds. The van der Waals surface area contributed by atoms with Gasteiger partial charge >= 0.3 is 0 Å². The first kappa shape index (κ1) is 16.0. The van der Waals surface area contributed by atoms with E-state index in [2.05, 4.69) is 5.32 Å². The quantitative estimate of drug-likeness (QED) is 0.700. The van der Waals surface area contributed by atoms with E-state index in [1.54, 1.807) is 6.26 Å². The van der Waals surface area contributed by atoms with Gasteiger partial charge in [0.25, 0.3) is 0 Å². The molecular formula is C15H24N2O4. The Morgan fingerprint density at radius 3 is 2.90 bits per heavy atom. The third-order valence-electron chi connectivity index (χ3n) is 3.90. The van der Waals surface area contributed by atoms with Crippen LogP contribution in [0.3, 0.4) is 0 Å². The lowest BCUT2D eigenvalue weighted by atomic mass is 9.79. The molecule has 0 atom stereocenters. The minimum absolute atomic E-state index is 0.0411. The number of ether oxygens (including phenoxy) is 2. The lowest BCUT2D eigenvalue weighted by Gasteiger charge is -2.34. The van der Waals surface area contributed by atoms with Crippen molar-refractivity contribution in [3.63, 3.8) is 0 Å². The van der Waals surface area contributed by atoms with E-state index in [0.29, 0.717) is 52.4 Å². The Hall–Kier alpha value is -1.37. The van der Waals surface area contributed by atoms with E-state index in [1.165, 1.54) is 0 Å². The van der Waals surface area contributed by atoms with Crippen LogP contribution >= 0.6 is 0 Å². The summed E-state index contributed by atoms with van der Waals surface area (Å²) >= 11 is 0. The summed E-state index contributed by atoms with van der Waals surface area (Å²) in [5.74, 6) is 0.850. The summed E-state index contributed by atoms with van der Waals surface area (Å²) in [6, 6.07) is 3.71. The third-order valence-corrected chi connectivity index (χ3v) is 3.90. The van der Waals surface area contributed by atoms with E-state index < -0.39 is 5.41 Å². The highest BCUT2D eigenvalue weighted by Crippen LogP contribution is 2.29. The van der Waals surface area contributed by atoms with Crippen LogP contribution in [0, 0.1) is 5.41 Å². The SMILES string of the molecule is NCC1(C(=O)NCCCOCc2ccco2)CCOCC1. The fourth-order valence-electron chi connectivity index (χ4n) is 2.42. The number of furan rings is 1. The van der Waals surface area contributed by atoms with Gasteiger partial charge in [0.15, 0.2) is 0 Å². The van der Waals surface area contributed by atoms with Crippen LogP contribution in [0.15, 0.2) is 22.8 Å². The summed E-state index contributed by atoms with van der Waals surface area (Å²) in [6.45, 7) is 3.23. The largest absolute Gasteiger partial charge is 0.467 e. The first-order valence-corrected chi connectivity index (χ1v) is 7.43. The molecule has 0 aliphatic carbocycles. The summed E-state index contributed by atoms with van der Waals surface area (Å²) in [7, 11) is 0. The van der Waals surface area contributed by atoms with Gasteiger partial charge in [-0.2, -0.15) is 0 Å². The number of amides is 1. The standard InChI is InChI=1S/C15H24N2O4/c16-12-15(4-9-19-10-5-15)14(18)17-6-2-7-20-11-13-3-1-8-21-13/h1,3,8H,2,4-7,9-12,16H2,(H,17,18). The third kappa shape index (κ3) is 4.56. The van der Waals surface area contributed by atoms with Gasteiger partial charge in [0.2, 0.25) is 5.91 Å². The molecule has 1 fully saturated rings. The van der Waals surface area contributed by atoms with Crippen LogP contribution in [0.1, 0.15) is 25.0 Å². The van der Waals surface area contributed by atoms with Gasteiger partial charge in [-0.3, -0.25) is 4.79 Å². The van der Waals surface area contributed by atoms with Gasteiger partial charge < -0.3 is 24.9 Å². The second kappa shape index (κ2) is 8.17. The Balaban J connectivity index is 1.60. The predicted molar refractivity (Wildman–Crippen MR) is 77.5 cm³/mol. The van der Waals surface area contributed by atoms with E-state index >= 15 is 0 Å². The highest BCUT2D eigenvalue weighted by atomic mass is 16.5. The van der Waals surface area contributed by atoms with Crippen molar-refractivity contribution >= 4 is 5.91 Å². The van der Waals surface area contributed by atoms with Gasteiger partial charge in [0.1, 0.15) is 12.4 Å². The summed E-state index contributed by atoms with van der Waals surface area (Å²) in [5.41, 5.74) is 5.34. The fraction of sp³-hybridized carbons (Fsp3) is 0.667. The molecule has 0 bridgehead atoms. The van der Waals surface area contributed by atoms with Crippen molar-refractivity contribution < 1.29 is 18.7 Å². The Kier molecular flexibility index (Phi) is 6.22. The molecule has 2 rings (SSSR count). The molecule has 118 valence electrons. The molecule has 1 aromatic heterocycles. The molecule has 1 saturated heterocycles. The van der Waals surface area contributed by atoms with Crippen molar-refractivity contribution in [1.29, 1.82) is 0 Å². The van der Waals surface area contributed by atoms with Gasteiger partial charge in [-0.15, -0.1) is 0 Å². The van der Waals surface area contributed by atoms with Crippen LogP contribution < -0.4 is 11.1 Å². The van der Waals surface area contributed by atoms with E-state index in [9.17, 15) is 4.79 Å². The van der Waals surface area contributed by atoms with E-state index in [1.807, 2.05) is 12.1 Å². The Morgan fingerprint density at radius 1 is 1.43 bits per heavy atom. The molecule has 1 aliphatic heterocycles. The predicted octanol–water partition coefficient (Wildman–Crippen LogP) is 1.06. The molecule has 1 aliphatic rings. The maximum absolute atomic E-state index is 12.3. The van der Waals surface area contributed by atoms with Crippen molar-refractivity contribution in [3.8, 4) is 0 Å². The normalized spacial score (nSPS) is 17.6. The maximum atomic E-state index is 12.3. The molecule has 6 heteroatoms. The van der Waals surface area contributed by atoms with Gasteiger partial charge in [0.05, 0.1) is 11.7 Å². The molecule has 21 heavy (non-hydrogen) atoms. The average molecular weight is 296 g/mol. The number of nitrogens with two attached hydrogens (primary N) is 1. The summed E-state index contributed by atoms with van der Waals surface area (Å²) in [4.78, 5) is 12.3. The number of rotatable bonds is 8. The molecule has 2 heterocycles. The molecule has 0 saturated carbocycles. The van der Waals surface area contributed by atoms with Gasteiger partial charge in [-0.05, 0) is 31.4 Å². The second-order valence-corrected chi connectivity index (χ2v) is 5.34. The Morgan fingerprint density at radius 2 is 2.24 bits per heavy atom. The lowest BCUT2D eigenvalue weighted by molar-refractivity contribution is -0.135. The van der Waals surface area contributed by atoms with Crippen LogP contribution in [0.4, 0.5) is 0 Å². The smallest absolute Gasteiger partial charge is 0.227 e. The van der Waals surface area contributed by atoms with E-state index in [-0.39, 0.29) is 5.91 Å². The van der Waals surface area contributed by atoms with Crippen molar-refractivity contribution in [2.24, 2.45) is 11.1 Å². The Labute approximate surface area is 125 Å². The van der Waals surface area contributed by atoms with Crippen molar-refractivity contribution in [3.05, 3.63) is 24.2 Å². The van der Waals surface area contributed by atoms with E-state index in [4.69, 9.17) is 19.6 Å². The number of carbonyl (C=O) groups excluding carboxylic acids is 1. The van der Waals surface area contributed by atoms with Crippen molar-refractivity contribution in [2.75, 3.05) is 32.9 Å². The number of nitrogens with one attached hydrogen (secondary N) is 1. The number of hydrogen-bond acceptors (Lipinski definition) is 5. The van der Waals surface area contributed by atoms with Crippen molar-refractivity contribution in [2.45, 2.75) is 25.9 Å². The number of carbonyl (C=O) groups is 1. The first-order chi connectivity index (χ1) is 10.3. The lowest BCUT2D eigenvalue weighted by Crippen LogP contribution is -2.49. The van der Waals surface area contributed by atoms with Crippen LogP contribution in [-0.4, -0.2) is 38.8 Å². The number of hydrogen-bond donors (Lipinski definition) is 2. The molecule has 0 radical (unpaired) electrons. The maximum Gasteiger partial charge on any atom is 0.227 e. The summed E-state index contributed by atoms with van der Waals surface area (Å²) in [6.07, 6.45) is 3.79. The fourth-order valence-corrected chi connectivity index (χ4v) is 2.42. The zero-order valence-corrected chi connectivity index (χ0v) is 12.3. The first-order valence-electron chi connectivity index (χ1n) is 7.43. The van der Waals surface area contributed by atoms with Gasteiger partial charge in [0, 0.05) is 32.9 Å². The van der Waals surface area contributed by atoms with Crippen LogP contribution in [0.5, 0.6) is 0 Å². The monoisotopic (exact) mass is 296 g/mol. The molecule has 6 nitrogen and oxygen atoms in total. The Bertz CT molecular complexity index is 413. The zero-order valence-electron chi connectivity index (χ0n) is 12.3. The highest BCUT2D eigenvalue weighted by Gasteiger charge is 2.38. The minimum atomic E-state index is -0.451. The molecule has 1 aromatic rings. The second-order valence-electron chi connectivity index (χ2n) is 5.34. The minimum Gasteiger partial charge on any atom is -0.467 e. The molecule has 0 spiro atoms. The van der Waals surface area contributed by atoms with Crippen LogP contribution in [0.2, 0.25) is 0 Å². The topological polar surface area (TPSA) is 86.7 Å². The molecule has 0 unspecified atom stereocenters. The van der Waals surface area contributed by atoms with Gasteiger partial charge in [-0.25, -0.2) is 0 Å². The highest BCUT2D eigenvalue weighted by molar-refractivity contribution is 5.83. The van der Waals surface area contributed by atoms with E-state index in [0.717, 1.165) is 12.2 Å². The summed E-state index contributed by atoms with van der Waals surface area (Å²) in [5, 5.41) is 2.96. The van der Waals surface area contributed by atoms with Crippen LogP contribution in [0.25, 0.3) is 0 Å². The van der Waals surface area contributed by atoms with Crippen LogP contribution in [-0.2, 0) is 20.9 Å². The molecule has 0 aromatic carbocycles. The average Bonchev–Trinajstić information content (AvgIpc) is 3.04. The van der Waals surface area contributed by atoms with Gasteiger partial charge in [-0.1, -0.05) is 0 Å².